The largest absolute Gasteiger partial charge is 0.340 e. The summed E-state index contributed by atoms with van der Waals surface area (Å²) >= 11 is 0. The van der Waals surface area contributed by atoms with Gasteiger partial charge in [-0.3, -0.25) is 9.59 Å². The van der Waals surface area contributed by atoms with E-state index >= 15 is 0 Å². The molecule has 3 atom stereocenters. The molecule has 2 saturated heterocycles. The summed E-state index contributed by atoms with van der Waals surface area (Å²) in [5.74, 6) is 0.945. The molecule has 3 fully saturated rings. The van der Waals surface area contributed by atoms with Crippen LogP contribution >= 0.6 is 0 Å². The Labute approximate surface area is 128 Å². The molecule has 1 saturated carbocycles. The summed E-state index contributed by atoms with van der Waals surface area (Å²) < 4.78 is 0. The van der Waals surface area contributed by atoms with E-state index < -0.39 is 6.04 Å². The summed E-state index contributed by atoms with van der Waals surface area (Å²) in [7, 11) is 0. The molecule has 21 heavy (non-hydrogen) atoms. The summed E-state index contributed by atoms with van der Waals surface area (Å²) in [5, 5.41) is 2.81. The number of rotatable bonds is 3. The maximum atomic E-state index is 12.9. The zero-order valence-electron chi connectivity index (χ0n) is 13.9. The lowest BCUT2D eigenvalue weighted by atomic mass is 9.52. The lowest BCUT2D eigenvalue weighted by Gasteiger charge is -2.60. The fourth-order valence-electron chi connectivity index (χ4n) is 3.56. The Hall–Kier alpha value is -1.32. The van der Waals surface area contributed by atoms with Gasteiger partial charge in [0.2, 0.25) is 11.8 Å². The SMILES string of the molecule is C=CC(=O)N[C@H](C(=O)N1C[C@H]2C[C@@H](C1)C2(C)C)C(C)(C)C. The van der Waals surface area contributed by atoms with Crippen molar-refractivity contribution in [2.45, 2.75) is 47.1 Å². The third-order valence-corrected chi connectivity index (χ3v) is 5.45. The van der Waals surface area contributed by atoms with E-state index in [-0.39, 0.29) is 17.2 Å². The molecule has 3 rings (SSSR count). The van der Waals surface area contributed by atoms with E-state index in [1.54, 1.807) is 0 Å². The van der Waals surface area contributed by atoms with Crippen LogP contribution in [0.15, 0.2) is 12.7 Å². The van der Waals surface area contributed by atoms with E-state index in [2.05, 4.69) is 25.7 Å². The summed E-state index contributed by atoms with van der Waals surface area (Å²) in [6.07, 6.45) is 2.46. The molecule has 118 valence electrons. The van der Waals surface area contributed by atoms with Gasteiger partial charge in [0.1, 0.15) is 6.04 Å². The van der Waals surface area contributed by atoms with Crippen LogP contribution in [-0.2, 0) is 9.59 Å². The van der Waals surface area contributed by atoms with Gasteiger partial charge in [0, 0.05) is 13.1 Å². The summed E-state index contributed by atoms with van der Waals surface area (Å²) in [5.41, 5.74) is 0.0469. The van der Waals surface area contributed by atoms with Gasteiger partial charge in [-0.1, -0.05) is 41.2 Å². The Kier molecular flexibility index (Phi) is 3.94. The van der Waals surface area contributed by atoms with Crippen LogP contribution in [0.5, 0.6) is 0 Å². The first-order valence-corrected chi connectivity index (χ1v) is 7.79. The number of piperidine rings is 2. The van der Waals surface area contributed by atoms with E-state index in [0.29, 0.717) is 17.3 Å². The fourth-order valence-corrected chi connectivity index (χ4v) is 3.56. The minimum Gasteiger partial charge on any atom is -0.340 e. The van der Waals surface area contributed by atoms with Crippen LogP contribution in [0.25, 0.3) is 0 Å². The molecule has 0 radical (unpaired) electrons. The Balaban J connectivity index is 2.09. The first-order valence-electron chi connectivity index (χ1n) is 7.79. The topological polar surface area (TPSA) is 49.4 Å². The van der Waals surface area contributed by atoms with Crippen molar-refractivity contribution in [1.82, 2.24) is 10.2 Å². The highest BCUT2D eigenvalue weighted by atomic mass is 16.2. The van der Waals surface area contributed by atoms with Gasteiger partial charge in [-0.05, 0) is 35.2 Å². The van der Waals surface area contributed by atoms with Gasteiger partial charge in [-0.2, -0.15) is 0 Å². The van der Waals surface area contributed by atoms with Gasteiger partial charge in [0.25, 0.3) is 0 Å². The quantitative estimate of drug-likeness (QED) is 0.811. The Morgan fingerprint density at radius 1 is 1.29 bits per heavy atom. The maximum Gasteiger partial charge on any atom is 0.245 e. The molecule has 2 bridgehead atoms. The number of nitrogens with zero attached hydrogens (tertiary/aromatic N) is 1. The molecule has 1 N–H and O–H groups in total. The number of hydrogen-bond acceptors (Lipinski definition) is 2. The first-order chi connectivity index (χ1) is 9.57. The van der Waals surface area contributed by atoms with Crippen molar-refractivity contribution in [3.63, 3.8) is 0 Å². The Bertz CT molecular complexity index is 448. The van der Waals surface area contributed by atoms with E-state index in [0.717, 1.165) is 13.1 Å². The molecule has 0 spiro atoms. The Morgan fingerprint density at radius 2 is 1.81 bits per heavy atom. The molecule has 4 heteroatoms. The summed E-state index contributed by atoms with van der Waals surface area (Å²) in [6, 6.07) is -0.497. The zero-order chi connectivity index (χ0) is 16.0. The molecule has 0 aromatic heterocycles. The highest BCUT2D eigenvalue weighted by Crippen LogP contribution is 2.54. The van der Waals surface area contributed by atoms with Crippen molar-refractivity contribution in [3.05, 3.63) is 12.7 Å². The van der Waals surface area contributed by atoms with Gasteiger partial charge in [0.05, 0.1) is 0 Å². The van der Waals surface area contributed by atoms with E-state index in [9.17, 15) is 9.59 Å². The predicted octanol–water partition coefficient (Wildman–Crippen LogP) is 2.21. The molecule has 2 aliphatic heterocycles. The standard InChI is InChI=1S/C17H28N2O2/c1-7-13(20)18-14(16(2,3)4)15(21)19-9-11-8-12(10-19)17(11,5)6/h7,11-12,14H,1,8-10H2,2-6H3,(H,18,20)/t11-,12+,14-/m1/s1. The first kappa shape index (κ1) is 16.1. The monoisotopic (exact) mass is 292 g/mol. The smallest absolute Gasteiger partial charge is 0.245 e. The van der Waals surface area contributed by atoms with Crippen LogP contribution in [-0.4, -0.2) is 35.8 Å². The normalized spacial score (nSPS) is 28.3. The van der Waals surface area contributed by atoms with Crippen molar-refractivity contribution >= 4 is 11.8 Å². The molecule has 0 aromatic rings. The lowest BCUT2D eigenvalue weighted by Crippen LogP contribution is -2.64. The van der Waals surface area contributed by atoms with Gasteiger partial charge >= 0.3 is 0 Å². The number of amides is 2. The van der Waals surface area contributed by atoms with Gasteiger partial charge in [-0.15, -0.1) is 0 Å². The third kappa shape index (κ3) is 2.85. The number of fused-ring (bicyclic) bond motifs is 2. The second kappa shape index (κ2) is 5.15. The van der Waals surface area contributed by atoms with Crippen LogP contribution in [0.3, 0.4) is 0 Å². The van der Waals surface area contributed by atoms with Crippen molar-refractivity contribution in [3.8, 4) is 0 Å². The molecular formula is C17H28N2O2. The van der Waals surface area contributed by atoms with Gasteiger partial charge in [-0.25, -0.2) is 0 Å². The highest BCUT2D eigenvalue weighted by Gasteiger charge is 2.54. The van der Waals surface area contributed by atoms with Crippen molar-refractivity contribution in [2.75, 3.05) is 13.1 Å². The molecule has 4 nitrogen and oxygen atoms in total. The second-order valence-corrected chi connectivity index (χ2v) is 8.21. The molecular weight excluding hydrogens is 264 g/mol. The highest BCUT2D eigenvalue weighted by molar-refractivity contribution is 5.93. The molecule has 2 heterocycles. The van der Waals surface area contributed by atoms with E-state index in [1.807, 2.05) is 25.7 Å². The summed E-state index contributed by atoms with van der Waals surface area (Å²) in [6.45, 7) is 15.6. The van der Waals surface area contributed by atoms with Crippen LogP contribution in [0.1, 0.15) is 41.0 Å². The number of carbonyl (C=O) groups is 2. The number of carbonyl (C=O) groups excluding carboxylic acids is 2. The van der Waals surface area contributed by atoms with E-state index in [4.69, 9.17) is 0 Å². The minimum absolute atomic E-state index is 0.0444. The average Bonchev–Trinajstić information content (AvgIpc) is 2.42. The van der Waals surface area contributed by atoms with Crippen LogP contribution in [0, 0.1) is 22.7 Å². The number of hydrogen-bond donors (Lipinski definition) is 1. The minimum atomic E-state index is -0.497. The fraction of sp³-hybridized carbons (Fsp3) is 0.765. The molecule has 0 unspecified atom stereocenters. The lowest BCUT2D eigenvalue weighted by molar-refractivity contribution is -0.157. The Morgan fingerprint density at radius 3 is 2.19 bits per heavy atom. The van der Waals surface area contributed by atoms with Crippen LogP contribution in [0.4, 0.5) is 0 Å². The third-order valence-electron chi connectivity index (χ3n) is 5.45. The summed E-state index contributed by atoms with van der Waals surface area (Å²) in [4.78, 5) is 26.4. The molecule has 1 aliphatic carbocycles. The number of nitrogens with one attached hydrogen (secondary N) is 1. The van der Waals surface area contributed by atoms with Crippen molar-refractivity contribution in [2.24, 2.45) is 22.7 Å². The van der Waals surface area contributed by atoms with Crippen molar-refractivity contribution in [1.29, 1.82) is 0 Å². The van der Waals surface area contributed by atoms with Crippen molar-refractivity contribution < 1.29 is 9.59 Å². The van der Waals surface area contributed by atoms with Crippen LogP contribution in [0.2, 0.25) is 0 Å². The van der Waals surface area contributed by atoms with Gasteiger partial charge in [0.15, 0.2) is 0 Å². The van der Waals surface area contributed by atoms with Gasteiger partial charge < -0.3 is 10.2 Å². The average molecular weight is 292 g/mol. The predicted molar refractivity (Wildman–Crippen MR) is 83.5 cm³/mol. The molecule has 2 amide bonds. The molecule has 3 aliphatic rings. The second-order valence-electron chi connectivity index (χ2n) is 8.21. The maximum absolute atomic E-state index is 12.9. The van der Waals surface area contributed by atoms with E-state index in [1.165, 1.54) is 12.5 Å². The zero-order valence-corrected chi connectivity index (χ0v) is 13.9. The van der Waals surface area contributed by atoms with Crippen LogP contribution < -0.4 is 5.32 Å². The molecule has 0 aromatic carbocycles.